The first-order chi connectivity index (χ1) is 8.30. The lowest BCUT2D eigenvalue weighted by Gasteiger charge is -2.17. The second-order valence-electron chi connectivity index (χ2n) is 4.61. The maximum Gasteiger partial charge on any atom is 0.327 e. The van der Waals surface area contributed by atoms with E-state index in [0.29, 0.717) is 6.42 Å². The molecule has 0 fully saturated rings. The van der Waals surface area contributed by atoms with Gasteiger partial charge in [-0.25, -0.2) is 4.39 Å². The van der Waals surface area contributed by atoms with Crippen molar-refractivity contribution >= 4 is 16.8 Å². The molecule has 0 aromatic heterocycles. The van der Waals surface area contributed by atoms with Gasteiger partial charge in [0.15, 0.2) is 0 Å². The maximum atomic E-state index is 13.9. The average molecular weight is 275 g/mol. The summed E-state index contributed by atoms with van der Waals surface area (Å²) < 4.78 is 41.2. The Hall–Kier alpha value is -1.17. The van der Waals surface area contributed by atoms with Gasteiger partial charge in [-0.3, -0.25) is 0 Å². The number of rotatable bonds is 2. The van der Waals surface area contributed by atoms with E-state index in [2.05, 4.69) is 5.16 Å². The van der Waals surface area contributed by atoms with Crippen LogP contribution in [0, 0.1) is 5.82 Å². The average Bonchev–Trinajstić information content (AvgIpc) is 2.57. The molecular formula is C12H12F3NOS. The van der Waals surface area contributed by atoms with Crippen LogP contribution in [0.15, 0.2) is 29.4 Å². The molecular weight excluding hydrogens is 263 g/mol. The van der Waals surface area contributed by atoms with E-state index in [4.69, 9.17) is 4.84 Å². The number of alkyl halides is 2. The van der Waals surface area contributed by atoms with Crippen LogP contribution in [0.3, 0.4) is 0 Å². The van der Waals surface area contributed by atoms with Gasteiger partial charge in [-0.1, -0.05) is 17.3 Å². The smallest absolute Gasteiger partial charge is 0.327 e. The van der Waals surface area contributed by atoms with E-state index in [0.717, 1.165) is 12.1 Å². The third-order valence-electron chi connectivity index (χ3n) is 2.40. The van der Waals surface area contributed by atoms with Crippen LogP contribution in [-0.4, -0.2) is 10.6 Å². The Morgan fingerprint density at radius 3 is 2.56 bits per heavy atom. The van der Waals surface area contributed by atoms with Crippen LogP contribution in [0.25, 0.3) is 0 Å². The van der Waals surface area contributed by atoms with Gasteiger partial charge < -0.3 is 4.84 Å². The summed E-state index contributed by atoms with van der Waals surface area (Å²) in [5.41, 5.74) is -1.21. The molecule has 0 saturated carbocycles. The number of oxime groups is 1. The summed E-state index contributed by atoms with van der Waals surface area (Å²) in [6.45, 7) is 3.51. The molecule has 18 heavy (non-hydrogen) atoms. The predicted octanol–water partition coefficient (Wildman–Crippen LogP) is 4.12. The molecule has 0 N–H and O–H groups in total. The highest BCUT2D eigenvalue weighted by atomic mass is 32.2. The van der Waals surface area contributed by atoms with Crippen LogP contribution in [0.1, 0.15) is 25.8 Å². The topological polar surface area (TPSA) is 21.6 Å². The molecule has 0 aliphatic carbocycles. The van der Waals surface area contributed by atoms with Gasteiger partial charge in [-0.05, 0) is 37.7 Å². The maximum absolute atomic E-state index is 13.9. The molecule has 1 aromatic rings. The molecule has 2 nitrogen and oxygen atoms in total. The van der Waals surface area contributed by atoms with E-state index in [-0.39, 0.29) is 16.8 Å². The Morgan fingerprint density at radius 2 is 2.00 bits per heavy atom. The van der Waals surface area contributed by atoms with Crippen LogP contribution in [-0.2, 0) is 10.1 Å². The van der Waals surface area contributed by atoms with Crippen molar-refractivity contribution in [3.8, 4) is 0 Å². The molecule has 1 aliphatic heterocycles. The summed E-state index contributed by atoms with van der Waals surface area (Å²) in [5, 5.41) is 0.427. The lowest BCUT2D eigenvalue weighted by Crippen LogP contribution is -2.20. The zero-order valence-corrected chi connectivity index (χ0v) is 10.7. The highest BCUT2D eigenvalue weighted by Crippen LogP contribution is 2.44. The Balaban J connectivity index is 2.16. The normalized spacial score (nSPS) is 18.4. The van der Waals surface area contributed by atoms with Crippen LogP contribution < -0.4 is 0 Å². The van der Waals surface area contributed by atoms with Crippen molar-refractivity contribution in [2.45, 2.75) is 31.1 Å². The summed E-state index contributed by atoms with van der Waals surface area (Å²) in [5.74, 6) is -0.922. The summed E-state index contributed by atoms with van der Waals surface area (Å²) in [6.07, 6.45) is 0.293. The molecule has 0 spiro atoms. The molecule has 0 amide bonds. The monoisotopic (exact) mass is 275 g/mol. The van der Waals surface area contributed by atoms with Crippen molar-refractivity contribution in [1.29, 1.82) is 0 Å². The van der Waals surface area contributed by atoms with Gasteiger partial charge in [0, 0.05) is 6.42 Å². The van der Waals surface area contributed by atoms with Gasteiger partial charge in [0.2, 0.25) is 0 Å². The zero-order chi connectivity index (χ0) is 13.4. The largest absolute Gasteiger partial charge is 0.389 e. The molecule has 2 rings (SSSR count). The minimum atomic E-state index is -3.35. The van der Waals surface area contributed by atoms with E-state index in [1.54, 1.807) is 13.8 Å². The van der Waals surface area contributed by atoms with Crippen LogP contribution in [0.5, 0.6) is 0 Å². The first-order valence-electron chi connectivity index (χ1n) is 5.37. The number of hydrogen-bond donors (Lipinski definition) is 0. The first-order valence-corrected chi connectivity index (χ1v) is 6.19. The van der Waals surface area contributed by atoms with Gasteiger partial charge in [-0.2, -0.15) is 8.78 Å². The third-order valence-corrected chi connectivity index (χ3v) is 3.34. The van der Waals surface area contributed by atoms with E-state index in [1.165, 1.54) is 12.1 Å². The Kier molecular flexibility index (Phi) is 3.31. The molecule has 0 saturated heterocycles. The number of halogens is 3. The Labute approximate surface area is 107 Å². The quantitative estimate of drug-likeness (QED) is 0.809. The zero-order valence-electron chi connectivity index (χ0n) is 9.91. The molecule has 1 aromatic carbocycles. The Morgan fingerprint density at radius 1 is 1.33 bits per heavy atom. The third kappa shape index (κ3) is 2.80. The van der Waals surface area contributed by atoms with E-state index in [1.807, 2.05) is 0 Å². The van der Waals surface area contributed by atoms with Crippen molar-refractivity contribution in [2.75, 3.05) is 0 Å². The number of nitrogens with zero attached hydrogens (tertiary/aromatic N) is 1. The lowest BCUT2D eigenvalue weighted by molar-refractivity contribution is 0.0123. The highest BCUT2D eigenvalue weighted by molar-refractivity contribution is 8.14. The van der Waals surface area contributed by atoms with Crippen molar-refractivity contribution < 1.29 is 18.0 Å². The van der Waals surface area contributed by atoms with Crippen molar-refractivity contribution in [3.63, 3.8) is 0 Å². The van der Waals surface area contributed by atoms with Gasteiger partial charge >= 0.3 is 5.25 Å². The predicted molar refractivity (Wildman–Crippen MR) is 65.1 cm³/mol. The highest BCUT2D eigenvalue weighted by Gasteiger charge is 2.41. The summed E-state index contributed by atoms with van der Waals surface area (Å²) in [4.78, 5) is 5.00. The van der Waals surface area contributed by atoms with Gasteiger partial charge in [0.1, 0.15) is 16.5 Å². The van der Waals surface area contributed by atoms with Gasteiger partial charge in [-0.15, -0.1) is 0 Å². The number of hydrogen-bond acceptors (Lipinski definition) is 3. The minimum Gasteiger partial charge on any atom is -0.389 e. The second-order valence-corrected chi connectivity index (χ2v) is 5.80. The minimum absolute atomic E-state index is 0.174. The Bertz CT molecular complexity index is 488. The molecule has 0 bridgehead atoms. The van der Waals surface area contributed by atoms with E-state index < -0.39 is 22.2 Å². The molecule has 1 heterocycles. The molecule has 0 atom stereocenters. The van der Waals surface area contributed by atoms with E-state index in [9.17, 15) is 13.2 Å². The lowest BCUT2D eigenvalue weighted by atomic mass is 10.1. The molecule has 98 valence electrons. The summed E-state index contributed by atoms with van der Waals surface area (Å²) in [6, 6.07) is 4.84. The second kappa shape index (κ2) is 4.50. The van der Waals surface area contributed by atoms with Gasteiger partial charge in [0.25, 0.3) is 0 Å². The molecule has 0 unspecified atom stereocenters. The van der Waals surface area contributed by atoms with Crippen LogP contribution in [0.2, 0.25) is 0 Å². The summed E-state index contributed by atoms with van der Waals surface area (Å²) in [7, 11) is 0. The van der Waals surface area contributed by atoms with Crippen LogP contribution in [0.4, 0.5) is 13.2 Å². The van der Waals surface area contributed by atoms with Crippen molar-refractivity contribution in [2.24, 2.45) is 5.16 Å². The first kappa shape index (κ1) is 13.3. The van der Waals surface area contributed by atoms with Crippen LogP contribution >= 0.6 is 11.8 Å². The molecule has 6 heteroatoms. The molecule has 1 aliphatic rings. The number of thioether (sulfide) groups is 1. The van der Waals surface area contributed by atoms with Crippen molar-refractivity contribution in [1.82, 2.24) is 0 Å². The fourth-order valence-corrected chi connectivity index (χ4v) is 2.62. The fourth-order valence-electron chi connectivity index (χ4n) is 1.56. The number of benzene rings is 1. The fraction of sp³-hybridized carbons (Fsp3) is 0.417. The van der Waals surface area contributed by atoms with Crippen molar-refractivity contribution in [3.05, 3.63) is 35.6 Å². The SMILES string of the molecule is CC1(C)CC(SC(F)(F)c2ccccc2F)=NO1. The van der Waals surface area contributed by atoms with E-state index >= 15 is 0 Å². The standard InChI is InChI=1S/C12H12F3NOS/c1-11(2)7-10(16-17-11)18-12(14,15)8-5-3-4-6-9(8)13/h3-6H,7H2,1-2H3. The molecule has 0 radical (unpaired) electrons. The van der Waals surface area contributed by atoms with Gasteiger partial charge in [0.05, 0.1) is 5.56 Å². The summed E-state index contributed by atoms with van der Waals surface area (Å²) >= 11 is 0.231.